The molecule has 1 fully saturated rings. The van der Waals surface area contributed by atoms with Gasteiger partial charge in [0.25, 0.3) is 0 Å². The van der Waals surface area contributed by atoms with E-state index < -0.39 is 5.60 Å². The summed E-state index contributed by atoms with van der Waals surface area (Å²) in [7, 11) is 0. The summed E-state index contributed by atoms with van der Waals surface area (Å²) in [5.41, 5.74) is 5.73. The number of ether oxygens (including phenoxy) is 1. The van der Waals surface area contributed by atoms with E-state index in [0.29, 0.717) is 0 Å². The maximum atomic E-state index is 10.2. The van der Waals surface area contributed by atoms with Crippen molar-refractivity contribution in [3.05, 3.63) is 89.7 Å². The number of benzene rings is 3. The van der Waals surface area contributed by atoms with Crippen LogP contribution in [0.2, 0.25) is 0 Å². The van der Waals surface area contributed by atoms with Crippen molar-refractivity contribution in [2.45, 2.75) is 38.4 Å². The highest BCUT2D eigenvalue weighted by atomic mass is 16.5. The highest BCUT2D eigenvalue weighted by molar-refractivity contribution is 5.82. The fourth-order valence-electron chi connectivity index (χ4n) is 3.80. The van der Waals surface area contributed by atoms with E-state index in [0.717, 1.165) is 52.0 Å². The Hall–Kier alpha value is -3.37. The molecule has 1 aliphatic carbocycles. The van der Waals surface area contributed by atoms with E-state index in [9.17, 15) is 5.11 Å². The van der Waals surface area contributed by atoms with Crippen LogP contribution in [0.1, 0.15) is 43.4 Å². The van der Waals surface area contributed by atoms with Crippen molar-refractivity contribution < 1.29 is 9.84 Å². The van der Waals surface area contributed by atoms with Crippen LogP contribution < -0.4 is 4.74 Å². The second kappa shape index (κ2) is 7.71. The Morgan fingerprint density at radius 1 is 0.935 bits per heavy atom. The van der Waals surface area contributed by atoms with Crippen LogP contribution in [0.15, 0.2) is 73.1 Å². The standard InChI is InChI=1S/C27H26N2O2/c1-19(2)31-24-12-10-23(11-13-24)29-18-28-25-17-21(7-14-26(25)29)4-3-20-5-8-22(9-6-20)27(30)15-16-27/h3-14,17-19,30H,15-16H2,1-2H3. The quantitative estimate of drug-likeness (QED) is 0.399. The van der Waals surface area contributed by atoms with Crippen LogP contribution >= 0.6 is 0 Å². The molecule has 0 saturated heterocycles. The third kappa shape index (κ3) is 4.12. The number of hydrogen-bond donors (Lipinski definition) is 1. The van der Waals surface area contributed by atoms with Crippen LogP contribution in [-0.2, 0) is 5.60 Å². The molecule has 156 valence electrons. The normalized spacial score (nSPS) is 15.1. The van der Waals surface area contributed by atoms with Crippen molar-refractivity contribution in [1.29, 1.82) is 0 Å². The van der Waals surface area contributed by atoms with E-state index >= 15 is 0 Å². The molecule has 1 aromatic heterocycles. The molecule has 0 spiro atoms. The monoisotopic (exact) mass is 410 g/mol. The number of aromatic nitrogens is 2. The van der Waals surface area contributed by atoms with Gasteiger partial charge in [-0.2, -0.15) is 0 Å². The van der Waals surface area contributed by atoms with Gasteiger partial charge in [-0.3, -0.25) is 4.57 Å². The summed E-state index contributed by atoms with van der Waals surface area (Å²) in [6.45, 7) is 4.05. The minimum absolute atomic E-state index is 0.161. The molecular formula is C27H26N2O2. The first kappa shape index (κ1) is 19.6. The third-order valence-corrected chi connectivity index (χ3v) is 5.70. The summed E-state index contributed by atoms with van der Waals surface area (Å²) >= 11 is 0. The lowest BCUT2D eigenvalue weighted by atomic mass is 10.0. The summed E-state index contributed by atoms with van der Waals surface area (Å²) in [6.07, 6.45) is 7.94. The molecule has 1 aliphatic rings. The van der Waals surface area contributed by atoms with Crippen molar-refractivity contribution in [3.63, 3.8) is 0 Å². The van der Waals surface area contributed by atoms with Gasteiger partial charge in [-0.05, 0) is 79.8 Å². The summed E-state index contributed by atoms with van der Waals surface area (Å²) in [5, 5.41) is 10.2. The van der Waals surface area contributed by atoms with E-state index in [-0.39, 0.29) is 6.10 Å². The summed E-state index contributed by atoms with van der Waals surface area (Å²) < 4.78 is 7.82. The molecule has 3 aromatic carbocycles. The Bertz CT molecular complexity index is 1230. The van der Waals surface area contributed by atoms with E-state index in [1.807, 2.05) is 44.4 Å². The van der Waals surface area contributed by atoms with Gasteiger partial charge < -0.3 is 9.84 Å². The van der Waals surface area contributed by atoms with Gasteiger partial charge in [0.05, 0.1) is 22.7 Å². The van der Waals surface area contributed by atoms with E-state index in [1.165, 1.54) is 0 Å². The zero-order chi connectivity index (χ0) is 21.4. The van der Waals surface area contributed by atoms with Gasteiger partial charge in [0.1, 0.15) is 12.1 Å². The topological polar surface area (TPSA) is 47.3 Å². The maximum Gasteiger partial charge on any atom is 0.119 e. The molecule has 0 bridgehead atoms. The molecule has 4 nitrogen and oxygen atoms in total. The molecule has 0 atom stereocenters. The van der Waals surface area contributed by atoms with Crippen molar-refractivity contribution in [2.75, 3.05) is 0 Å². The number of hydrogen-bond acceptors (Lipinski definition) is 3. The maximum absolute atomic E-state index is 10.2. The molecule has 0 aliphatic heterocycles. The molecular weight excluding hydrogens is 384 g/mol. The first-order valence-corrected chi connectivity index (χ1v) is 10.8. The first-order chi connectivity index (χ1) is 15.0. The van der Waals surface area contributed by atoms with Crippen molar-refractivity contribution >= 4 is 23.2 Å². The SMILES string of the molecule is CC(C)Oc1ccc(-n2cnc3cc(C=Cc4ccc(C5(O)CC5)cc4)ccc32)cc1. The van der Waals surface area contributed by atoms with Crippen molar-refractivity contribution in [1.82, 2.24) is 9.55 Å². The second-order valence-electron chi connectivity index (χ2n) is 8.51. The van der Waals surface area contributed by atoms with Crippen LogP contribution in [-0.4, -0.2) is 20.8 Å². The first-order valence-electron chi connectivity index (χ1n) is 10.8. The minimum Gasteiger partial charge on any atom is -0.491 e. The summed E-state index contributed by atoms with van der Waals surface area (Å²) in [6, 6.07) is 22.6. The number of aliphatic hydroxyl groups is 1. The molecule has 31 heavy (non-hydrogen) atoms. The van der Waals surface area contributed by atoms with Crippen LogP contribution in [0, 0.1) is 0 Å². The van der Waals surface area contributed by atoms with E-state index in [4.69, 9.17) is 4.74 Å². The Morgan fingerprint density at radius 3 is 2.29 bits per heavy atom. The fraction of sp³-hybridized carbons (Fsp3) is 0.222. The van der Waals surface area contributed by atoms with Crippen molar-refractivity contribution in [3.8, 4) is 11.4 Å². The fourth-order valence-corrected chi connectivity index (χ4v) is 3.80. The number of fused-ring (bicyclic) bond motifs is 1. The van der Waals surface area contributed by atoms with Gasteiger partial charge in [-0.15, -0.1) is 0 Å². The van der Waals surface area contributed by atoms with Crippen LogP contribution in [0.25, 0.3) is 28.9 Å². The van der Waals surface area contributed by atoms with Crippen LogP contribution in [0.3, 0.4) is 0 Å². The molecule has 4 aromatic rings. The Morgan fingerprint density at radius 2 is 1.61 bits per heavy atom. The number of nitrogens with zero attached hydrogens (tertiary/aromatic N) is 2. The zero-order valence-corrected chi connectivity index (χ0v) is 17.8. The Labute approximate surface area is 182 Å². The molecule has 4 heteroatoms. The molecule has 5 rings (SSSR count). The predicted octanol–water partition coefficient (Wildman–Crippen LogP) is 5.96. The molecule has 0 radical (unpaired) electrons. The van der Waals surface area contributed by atoms with Crippen LogP contribution in [0.5, 0.6) is 5.75 Å². The average Bonchev–Trinajstić information content (AvgIpc) is 3.39. The molecule has 0 unspecified atom stereocenters. The molecule has 1 heterocycles. The molecule has 0 amide bonds. The third-order valence-electron chi connectivity index (χ3n) is 5.70. The zero-order valence-electron chi connectivity index (χ0n) is 17.8. The van der Waals surface area contributed by atoms with Gasteiger partial charge in [0.15, 0.2) is 0 Å². The van der Waals surface area contributed by atoms with E-state index in [2.05, 4.69) is 64.2 Å². The number of rotatable bonds is 6. The lowest BCUT2D eigenvalue weighted by Gasteiger charge is -2.10. The lowest BCUT2D eigenvalue weighted by Crippen LogP contribution is -2.05. The lowest BCUT2D eigenvalue weighted by molar-refractivity contribution is 0.151. The van der Waals surface area contributed by atoms with Gasteiger partial charge in [-0.25, -0.2) is 4.98 Å². The van der Waals surface area contributed by atoms with Gasteiger partial charge in [0, 0.05) is 5.69 Å². The van der Waals surface area contributed by atoms with E-state index in [1.54, 1.807) is 0 Å². The minimum atomic E-state index is -0.576. The molecule has 1 saturated carbocycles. The summed E-state index contributed by atoms with van der Waals surface area (Å²) in [4.78, 5) is 4.60. The molecule has 1 N–H and O–H groups in total. The second-order valence-corrected chi connectivity index (χ2v) is 8.51. The van der Waals surface area contributed by atoms with Crippen molar-refractivity contribution in [2.24, 2.45) is 0 Å². The van der Waals surface area contributed by atoms with Gasteiger partial charge in [0.2, 0.25) is 0 Å². The summed E-state index contributed by atoms with van der Waals surface area (Å²) in [5.74, 6) is 0.870. The average molecular weight is 411 g/mol. The highest BCUT2D eigenvalue weighted by Gasteiger charge is 2.41. The van der Waals surface area contributed by atoms with Gasteiger partial charge in [-0.1, -0.05) is 42.5 Å². The number of imidazole rings is 1. The van der Waals surface area contributed by atoms with Gasteiger partial charge >= 0.3 is 0 Å². The van der Waals surface area contributed by atoms with Crippen LogP contribution in [0.4, 0.5) is 0 Å². The predicted molar refractivity (Wildman–Crippen MR) is 125 cm³/mol. The Balaban J connectivity index is 1.34. The Kier molecular flexibility index (Phi) is 4.87. The largest absolute Gasteiger partial charge is 0.491 e. The highest BCUT2D eigenvalue weighted by Crippen LogP contribution is 2.45. The smallest absolute Gasteiger partial charge is 0.119 e.